The number of benzene rings is 1. The number of allylic oxidation sites excluding steroid dienone is 2. The molecule has 0 saturated heterocycles. The summed E-state index contributed by atoms with van der Waals surface area (Å²) in [5, 5.41) is 0. The van der Waals surface area contributed by atoms with Crippen LogP contribution in [0, 0.1) is 6.92 Å². The van der Waals surface area contributed by atoms with E-state index in [9.17, 15) is 4.79 Å². The zero-order valence-corrected chi connectivity index (χ0v) is 17.0. The molecule has 1 aromatic rings. The van der Waals surface area contributed by atoms with E-state index in [0.29, 0.717) is 31.8 Å². The molecule has 0 N–H and O–H groups in total. The third-order valence-electron chi connectivity index (χ3n) is 3.89. The van der Waals surface area contributed by atoms with Crippen molar-refractivity contribution in [2.24, 2.45) is 0 Å². The zero-order chi connectivity index (χ0) is 17.5. The van der Waals surface area contributed by atoms with Crippen molar-refractivity contribution < 1.29 is 24.0 Å². The Morgan fingerprint density at radius 2 is 2.00 bits per heavy atom. The highest BCUT2D eigenvalue weighted by Gasteiger charge is 2.26. The fourth-order valence-corrected chi connectivity index (χ4v) is 3.37. The maximum absolute atomic E-state index is 10.9. The molecular formula is C17H21IO5S. The van der Waals surface area contributed by atoms with Crippen LogP contribution in [0.1, 0.15) is 29.2 Å². The zero-order valence-electron chi connectivity index (χ0n) is 14.0. The van der Waals surface area contributed by atoms with Gasteiger partial charge in [0.1, 0.15) is 31.0 Å². The Bertz CT molecular complexity index is 630. The number of carbonyl (C=O) groups excluding carboxylic acids is 1. The Balaban J connectivity index is 2.54. The molecule has 0 unspecified atom stereocenters. The van der Waals surface area contributed by atoms with Gasteiger partial charge in [0.05, 0.1) is 13.7 Å². The monoisotopic (exact) mass is 464 g/mol. The predicted octanol–water partition coefficient (Wildman–Crippen LogP) is 4.12. The van der Waals surface area contributed by atoms with E-state index in [-0.39, 0.29) is 0 Å². The van der Waals surface area contributed by atoms with Gasteiger partial charge in [0, 0.05) is 16.9 Å². The Hall–Kier alpha value is -0.770. The molecule has 0 atom stereocenters. The smallest absolute Gasteiger partial charge is 0.145 e. The van der Waals surface area contributed by atoms with Crippen molar-refractivity contribution >= 4 is 36.4 Å². The van der Waals surface area contributed by atoms with Gasteiger partial charge >= 0.3 is 0 Å². The van der Waals surface area contributed by atoms with E-state index >= 15 is 0 Å². The van der Waals surface area contributed by atoms with Gasteiger partial charge in [-0.1, -0.05) is 15.0 Å². The molecule has 5 nitrogen and oxygen atoms in total. The fraction of sp³-hybridized carbons (Fsp3) is 0.471. The van der Waals surface area contributed by atoms with Crippen molar-refractivity contribution in [1.82, 2.24) is 0 Å². The van der Waals surface area contributed by atoms with Gasteiger partial charge in [0.25, 0.3) is 0 Å². The Kier molecular flexibility index (Phi) is 7.86. The number of hydrogen-bond donors (Lipinski definition) is 0. The average molecular weight is 464 g/mol. The molecule has 0 spiro atoms. The first kappa shape index (κ1) is 19.6. The van der Waals surface area contributed by atoms with Gasteiger partial charge in [-0.15, -0.1) is 0 Å². The molecule has 24 heavy (non-hydrogen) atoms. The molecule has 7 heteroatoms. The van der Waals surface area contributed by atoms with Gasteiger partial charge < -0.3 is 9.47 Å². The second-order valence-corrected chi connectivity index (χ2v) is 7.87. The number of hydrogen-bond acceptors (Lipinski definition) is 6. The molecule has 0 aliphatic carbocycles. The molecule has 0 radical (unpaired) electrons. The molecule has 0 saturated carbocycles. The Morgan fingerprint density at radius 3 is 2.62 bits per heavy atom. The van der Waals surface area contributed by atoms with E-state index in [1.54, 1.807) is 23.0 Å². The van der Waals surface area contributed by atoms with Crippen molar-refractivity contribution in [3.8, 4) is 11.5 Å². The summed E-state index contributed by atoms with van der Waals surface area (Å²) < 4.78 is 11.7. The van der Waals surface area contributed by atoms with Crippen LogP contribution in [-0.2, 0) is 34.2 Å². The summed E-state index contributed by atoms with van der Waals surface area (Å²) in [5.41, 5.74) is 4.71. The van der Waals surface area contributed by atoms with E-state index < -0.39 is 0 Å². The van der Waals surface area contributed by atoms with Gasteiger partial charge in [0.15, 0.2) is 0 Å². The molecule has 0 amide bonds. The molecule has 132 valence electrons. The third kappa shape index (κ3) is 4.44. The summed E-state index contributed by atoms with van der Waals surface area (Å²) in [7, 11) is 3.35. The molecule has 1 aliphatic rings. The van der Waals surface area contributed by atoms with Crippen LogP contribution in [0.5, 0.6) is 11.5 Å². The number of methoxy groups -OCH3 is 1. The molecule has 0 bridgehead atoms. The lowest BCUT2D eigenvalue weighted by atomic mass is 9.93. The highest BCUT2D eigenvalue weighted by Crippen LogP contribution is 2.42. The van der Waals surface area contributed by atoms with Crippen molar-refractivity contribution in [3.63, 3.8) is 0 Å². The van der Waals surface area contributed by atoms with Crippen molar-refractivity contribution in [2.45, 2.75) is 33.5 Å². The van der Waals surface area contributed by atoms with Gasteiger partial charge in [0.2, 0.25) is 0 Å². The largest absolute Gasteiger partial charge is 0.496 e. The van der Waals surface area contributed by atoms with Crippen LogP contribution < -0.4 is 9.47 Å². The summed E-state index contributed by atoms with van der Waals surface area (Å²) in [5.74, 6) is 2.45. The second-order valence-electron chi connectivity index (χ2n) is 5.38. The molecule has 1 aliphatic heterocycles. The summed E-state index contributed by atoms with van der Waals surface area (Å²) in [6, 6.07) is 0. The summed E-state index contributed by atoms with van der Waals surface area (Å²) >= 11 is 2.25. The van der Waals surface area contributed by atoms with Crippen molar-refractivity contribution in [2.75, 3.05) is 19.5 Å². The molecule has 1 aromatic carbocycles. The first-order valence-corrected chi connectivity index (χ1v) is 11.1. The van der Waals surface area contributed by atoms with Gasteiger partial charge in [-0.25, -0.2) is 9.78 Å². The molecule has 0 aromatic heterocycles. The summed E-state index contributed by atoms with van der Waals surface area (Å²) in [6.07, 6.45) is 3.30. The lowest BCUT2D eigenvalue weighted by molar-refractivity contribution is -0.322. The standard InChI is InChI=1S/C17H21IO5S/c1-11(8-19)4-5-13-16(20-3)12(2)14-9-22-23-10-15(14)17(13)21-6-7-24-18/h4,8H,5-7,9-10H2,1-3H3/b11-4+. The van der Waals surface area contributed by atoms with Crippen LogP contribution in [0.4, 0.5) is 0 Å². The first-order chi connectivity index (χ1) is 11.6. The SMILES string of the molecule is COc1c(C)c2c(c(OCCSI)c1C/C=C(\C)C=O)COOC2. The lowest BCUT2D eigenvalue weighted by Gasteiger charge is -2.26. The van der Waals surface area contributed by atoms with Crippen LogP contribution >= 0.6 is 30.1 Å². The van der Waals surface area contributed by atoms with E-state index in [1.165, 1.54) is 0 Å². The van der Waals surface area contributed by atoms with E-state index in [0.717, 1.165) is 45.8 Å². The minimum absolute atomic E-state index is 0.344. The maximum atomic E-state index is 10.9. The van der Waals surface area contributed by atoms with E-state index in [2.05, 4.69) is 21.2 Å². The first-order valence-electron chi connectivity index (χ1n) is 7.57. The number of halogens is 1. The van der Waals surface area contributed by atoms with E-state index in [4.69, 9.17) is 19.2 Å². The molecular weight excluding hydrogens is 443 g/mol. The Morgan fingerprint density at radius 1 is 1.29 bits per heavy atom. The number of rotatable bonds is 8. The number of carbonyl (C=O) groups is 1. The van der Waals surface area contributed by atoms with Gasteiger partial charge in [-0.05, 0) is 58.2 Å². The number of ether oxygens (including phenoxy) is 2. The second kappa shape index (κ2) is 9.65. The normalized spacial score (nSPS) is 14.2. The van der Waals surface area contributed by atoms with Crippen LogP contribution in [0.2, 0.25) is 0 Å². The minimum atomic E-state index is 0.344. The highest BCUT2D eigenvalue weighted by molar-refractivity contribution is 14.2. The van der Waals surface area contributed by atoms with E-state index in [1.807, 2.05) is 13.0 Å². The van der Waals surface area contributed by atoms with Crippen molar-refractivity contribution in [3.05, 3.63) is 33.9 Å². The van der Waals surface area contributed by atoms with Crippen LogP contribution in [0.3, 0.4) is 0 Å². The van der Waals surface area contributed by atoms with Crippen LogP contribution in [0.25, 0.3) is 0 Å². The summed E-state index contributed by atoms with van der Waals surface area (Å²) in [4.78, 5) is 21.2. The third-order valence-corrected chi connectivity index (χ3v) is 5.54. The number of aldehydes is 1. The minimum Gasteiger partial charge on any atom is -0.496 e. The summed E-state index contributed by atoms with van der Waals surface area (Å²) in [6.45, 7) is 5.11. The fourth-order valence-electron chi connectivity index (χ4n) is 2.68. The quantitative estimate of drug-likeness (QED) is 0.190. The van der Waals surface area contributed by atoms with Gasteiger partial charge in [-0.3, -0.25) is 4.79 Å². The molecule has 2 rings (SSSR count). The predicted molar refractivity (Wildman–Crippen MR) is 103 cm³/mol. The topological polar surface area (TPSA) is 54.0 Å². The lowest BCUT2D eigenvalue weighted by Crippen LogP contribution is -2.16. The molecule has 0 fully saturated rings. The average Bonchev–Trinajstić information content (AvgIpc) is 2.61. The van der Waals surface area contributed by atoms with Gasteiger partial charge in [-0.2, -0.15) is 0 Å². The highest BCUT2D eigenvalue weighted by atomic mass is 127. The van der Waals surface area contributed by atoms with Crippen LogP contribution in [-0.4, -0.2) is 25.8 Å². The molecule has 1 heterocycles. The number of fused-ring (bicyclic) bond motifs is 1. The van der Waals surface area contributed by atoms with Crippen molar-refractivity contribution in [1.29, 1.82) is 0 Å². The maximum Gasteiger partial charge on any atom is 0.145 e. The van der Waals surface area contributed by atoms with Crippen LogP contribution in [0.15, 0.2) is 11.6 Å². The Labute approximate surface area is 158 Å².